The molecule has 0 fully saturated rings. The van der Waals surface area contributed by atoms with Gasteiger partial charge in [-0.05, 0) is 12.1 Å². The number of alkyl halides is 3. The van der Waals surface area contributed by atoms with Crippen molar-refractivity contribution in [2.45, 2.75) is 12.8 Å². The Morgan fingerprint density at radius 3 is 2.75 bits per heavy atom. The first-order chi connectivity index (χ1) is 7.42. The molecule has 0 aliphatic rings. The van der Waals surface area contributed by atoms with Gasteiger partial charge in [0.2, 0.25) is 0 Å². The number of halogens is 3. The van der Waals surface area contributed by atoms with Gasteiger partial charge in [0, 0.05) is 0 Å². The summed E-state index contributed by atoms with van der Waals surface area (Å²) in [5.41, 5.74) is 1.82. The molecule has 1 amide bonds. The molecular formula is C8H9F3N2O3. The number of nitrogens with one attached hydrogen (secondary N) is 1. The molecule has 0 spiro atoms. The van der Waals surface area contributed by atoms with Crippen molar-refractivity contribution in [1.82, 2.24) is 5.43 Å². The maximum absolute atomic E-state index is 11.7. The number of amides is 1. The standard InChI is InChI=1S/C8H9F3N2O3/c9-8(10,11)4-15-3-5-1-2-6(16-5)7(14)13-12/h1-2H,3-4,12H2,(H,13,14). The monoisotopic (exact) mass is 238 g/mol. The summed E-state index contributed by atoms with van der Waals surface area (Å²) in [7, 11) is 0. The number of carbonyl (C=O) groups is 1. The van der Waals surface area contributed by atoms with Crippen molar-refractivity contribution in [2.24, 2.45) is 5.84 Å². The summed E-state index contributed by atoms with van der Waals surface area (Å²) in [4.78, 5) is 10.9. The molecule has 1 heterocycles. The van der Waals surface area contributed by atoms with E-state index in [1.54, 1.807) is 0 Å². The third-order valence-electron chi connectivity index (χ3n) is 1.53. The van der Waals surface area contributed by atoms with Crippen molar-refractivity contribution in [3.05, 3.63) is 23.7 Å². The van der Waals surface area contributed by atoms with Crippen molar-refractivity contribution < 1.29 is 27.1 Å². The summed E-state index contributed by atoms with van der Waals surface area (Å²) >= 11 is 0. The summed E-state index contributed by atoms with van der Waals surface area (Å²) in [5, 5.41) is 0. The Labute approximate surface area is 88.3 Å². The first-order valence-corrected chi connectivity index (χ1v) is 4.16. The lowest BCUT2D eigenvalue weighted by atomic mass is 10.4. The van der Waals surface area contributed by atoms with Crippen molar-refractivity contribution in [1.29, 1.82) is 0 Å². The maximum atomic E-state index is 11.7. The molecule has 0 aliphatic carbocycles. The third kappa shape index (κ3) is 3.91. The second-order valence-corrected chi connectivity index (χ2v) is 2.85. The van der Waals surface area contributed by atoms with Gasteiger partial charge in [0.1, 0.15) is 19.0 Å². The Hall–Kier alpha value is -1.54. The summed E-state index contributed by atoms with van der Waals surface area (Å²) in [6.07, 6.45) is -4.38. The highest BCUT2D eigenvalue weighted by Crippen LogP contribution is 2.16. The van der Waals surface area contributed by atoms with Gasteiger partial charge in [-0.1, -0.05) is 0 Å². The molecule has 0 aliphatic heterocycles. The largest absolute Gasteiger partial charge is 0.453 e. The Balaban J connectivity index is 2.44. The topological polar surface area (TPSA) is 77.5 Å². The van der Waals surface area contributed by atoms with E-state index in [-0.39, 0.29) is 18.1 Å². The van der Waals surface area contributed by atoms with Gasteiger partial charge in [-0.3, -0.25) is 10.2 Å². The average Bonchev–Trinajstić information content (AvgIpc) is 2.63. The van der Waals surface area contributed by atoms with Gasteiger partial charge in [-0.15, -0.1) is 0 Å². The molecule has 90 valence electrons. The first kappa shape index (κ1) is 12.5. The van der Waals surface area contributed by atoms with Gasteiger partial charge >= 0.3 is 12.1 Å². The number of hydrogen-bond donors (Lipinski definition) is 2. The smallest absolute Gasteiger partial charge is 0.411 e. The van der Waals surface area contributed by atoms with Crippen LogP contribution in [0.5, 0.6) is 0 Å². The Bertz CT molecular complexity index is 362. The minimum Gasteiger partial charge on any atom is -0.453 e. The fraction of sp³-hybridized carbons (Fsp3) is 0.375. The average molecular weight is 238 g/mol. The zero-order chi connectivity index (χ0) is 12.2. The normalized spacial score (nSPS) is 11.5. The lowest BCUT2D eigenvalue weighted by Crippen LogP contribution is -2.29. The molecule has 0 unspecified atom stereocenters. The molecule has 1 aromatic rings. The predicted molar refractivity (Wildman–Crippen MR) is 46.1 cm³/mol. The molecule has 3 N–H and O–H groups in total. The van der Waals surface area contributed by atoms with Crippen LogP contribution in [0.15, 0.2) is 16.5 Å². The number of nitrogens with two attached hydrogens (primary N) is 1. The molecule has 0 atom stereocenters. The van der Waals surface area contributed by atoms with Crippen LogP contribution in [0.3, 0.4) is 0 Å². The first-order valence-electron chi connectivity index (χ1n) is 4.16. The minimum atomic E-state index is -4.38. The van der Waals surface area contributed by atoms with Crippen LogP contribution < -0.4 is 11.3 Å². The molecule has 16 heavy (non-hydrogen) atoms. The third-order valence-corrected chi connectivity index (χ3v) is 1.53. The maximum Gasteiger partial charge on any atom is 0.411 e. The highest BCUT2D eigenvalue weighted by molar-refractivity contribution is 5.90. The quantitative estimate of drug-likeness (QED) is 0.465. The van der Waals surface area contributed by atoms with E-state index in [9.17, 15) is 18.0 Å². The van der Waals surface area contributed by atoms with E-state index < -0.39 is 18.7 Å². The van der Waals surface area contributed by atoms with E-state index in [1.807, 2.05) is 5.43 Å². The lowest BCUT2D eigenvalue weighted by Gasteiger charge is -2.05. The molecule has 0 radical (unpaired) electrons. The summed E-state index contributed by atoms with van der Waals surface area (Å²) in [5.74, 6) is 4.19. The van der Waals surface area contributed by atoms with Crippen LogP contribution in [-0.2, 0) is 11.3 Å². The van der Waals surface area contributed by atoms with Crippen molar-refractivity contribution in [3.8, 4) is 0 Å². The fourth-order valence-electron chi connectivity index (χ4n) is 0.916. The van der Waals surface area contributed by atoms with Crippen LogP contribution >= 0.6 is 0 Å². The minimum absolute atomic E-state index is 0.0897. The number of nitrogen functional groups attached to an aromatic ring is 1. The molecule has 0 saturated carbocycles. The molecule has 1 aromatic heterocycles. The molecule has 1 rings (SSSR count). The van der Waals surface area contributed by atoms with E-state index in [0.29, 0.717) is 0 Å². The second-order valence-electron chi connectivity index (χ2n) is 2.85. The van der Waals surface area contributed by atoms with Gasteiger partial charge < -0.3 is 9.15 Å². The van der Waals surface area contributed by atoms with Crippen molar-refractivity contribution in [3.63, 3.8) is 0 Å². The number of ether oxygens (including phenoxy) is 1. The SMILES string of the molecule is NNC(=O)c1ccc(COCC(F)(F)F)o1. The summed E-state index contributed by atoms with van der Waals surface area (Å²) in [6.45, 7) is -1.73. The van der Waals surface area contributed by atoms with Crippen LogP contribution in [0.2, 0.25) is 0 Å². The predicted octanol–water partition coefficient (Wildman–Crippen LogP) is 0.962. The molecule has 0 saturated heterocycles. The molecular weight excluding hydrogens is 229 g/mol. The second kappa shape index (κ2) is 4.99. The van der Waals surface area contributed by atoms with Crippen LogP contribution in [0.1, 0.15) is 16.3 Å². The van der Waals surface area contributed by atoms with Crippen LogP contribution in [0.25, 0.3) is 0 Å². The van der Waals surface area contributed by atoms with Crippen molar-refractivity contribution in [2.75, 3.05) is 6.61 Å². The van der Waals surface area contributed by atoms with Gasteiger partial charge in [0.15, 0.2) is 5.76 Å². The van der Waals surface area contributed by atoms with E-state index in [2.05, 4.69) is 4.74 Å². The number of hydrazine groups is 1. The molecule has 5 nitrogen and oxygen atoms in total. The number of furan rings is 1. The zero-order valence-electron chi connectivity index (χ0n) is 8.00. The lowest BCUT2D eigenvalue weighted by molar-refractivity contribution is -0.177. The van der Waals surface area contributed by atoms with Gasteiger partial charge in [-0.2, -0.15) is 13.2 Å². The Kier molecular flexibility index (Phi) is 3.91. The van der Waals surface area contributed by atoms with Crippen LogP contribution in [0, 0.1) is 0 Å². The number of rotatable bonds is 4. The highest BCUT2D eigenvalue weighted by atomic mass is 19.4. The van der Waals surface area contributed by atoms with Crippen LogP contribution in [-0.4, -0.2) is 18.7 Å². The Morgan fingerprint density at radius 1 is 1.50 bits per heavy atom. The zero-order valence-corrected chi connectivity index (χ0v) is 8.00. The summed E-state index contributed by atoms with van der Waals surface area (Å²) < 4.78 is 44.3. The fourth-order valence-corrected chi connectivity index (χ4v) is 0.916. The van der Waals surface area contributed by atoms with E-state index in [0.717, 1.165) is 0 Å². The van der Waals surface area contributed by atoms with Crippen molar-refractivity contribution >= 4 is 5.91 Å². The Morgan fingerprint density at radius 2 is 2.19 bits per heavy atom. The molecule has 8 heteroatoms. The summed E-state index contributed by atoms with van der Waals surface area (Å²) in [6, 6.07) is 2.62. The van der Waals surface area contributed by atoms with Crippen LogP contribution in [0.4, 0.5) is 13.2 Å². The number of hydrogen-bond acceptors (Lipinski definition) is 4. The van der Waals surface area contributed by atoms with E-state index >= 15 is 0 Å². The van der Waals surface area contributed by atoms with E-state index in [4.69, 9.17) is 10.3 Å². The van der Waals surface area contributed by atoms with Gasteiger partial charge in [-0.25, -0.2) is 5.84 Å². The van der Waals surface area contributed by atoms with Gasteiger partial charge in [0.25, 0.3) is 0 Å². The molecule has 0 aromatic carbocycles. The highest BCUT2D eigenvalue weighted by Gasteiger charge is 2.27. The molecule has 0 bridgehead atoms. The van der Waals surface area contributed by atoms with Gasteiger partial charge in [0.05, 0.1) is 0 Å². The number of carbonyl (C=O) groups excluding carboxylic acids is 1. The van der Waals surface area contributed by atoms with E-state index in [1.165, 1.54) is 12.1 Å².